The van der Waals surface area contributed by atoms with Crippen LogP contribution in [0.2, 0.25) is 0 Å². The van der Waals surface area contributed by atoms with E-state index in [4.69, 9.17) is 63.2 Å². The van der Waals surface area contributed by atoms with Crippen LogP contribution in [0, 0.1) is 59.2 Å². The van der Waals surface area contributed by atoms with Crippen LogP contribution in [0.1, 0.15) is 150 Å². The number of fused-ring (bicyclic) bond motifs is 7. The summed E-state index contributed by atoms with van der Waals surface area (Å²) in [5, 5.41) is 28.2. The number of ether oxygens (including phenoxy) is 1. The van der Waals surface area contributed by atoms with E-state index in [1.165, 1.54) is 13.3 Å². The third-order valence-corrected chi connectivity index (χ3v) is 21.7. The molecule has 6 aliphatic rings. The van der Waals surface area contributed by atoms with E-state index >= 15 is 0 Å². The number of aliphatic imine (C=N–C) groups is 3. The molecule has 0 radical (unpaired) electrons. The summed E-state index contributed by atoms with van der Waals surface area (Å²) in [5.41, 5.74) is 37.4. The largest absolute Gasteiger partial charge is 0.472 e. The van der Waals surface area contributed by atoms with Gasteiger partial charge in [-0.1, -0.05) is 34.6 Å². The zero-order valence-corrected chi connectivity index (χ0v) is 54.1. The number of imidazole rings is 1. The van der Waals surface area contributed by atoms with Crippen molar-refractivity contribution in [1.82, 2.24) is 20.2 Å². The number of aliphatic hydroxyl groups excluding tert-OH is 2. The van der Waals surface area contributed by atoms with Gasteiger partial charge in [-0.15, -0.1) is 0 Å². The Hall–Kier alpha value is -7.00. The van der Waals surface area contributed by atoms with Gasteiger partial charge < -0.3 is 69.4 Å². The van der Waals surface area contributed by atoms with Gasteiger partial charge in [-0.2, -0.15) is 0 Å². The minimum absolute atomic E-state index is 0.0114. The predicted octanol–water partition coefficient (Wildman–Crippen LogP) is 3.16. The van der Waals surface area contributed by atoms with Crippen LogP contribution in [-0.4, -0.2) is 132 Å². The number of phosphoric acid groups is 1. The van der Waals surface area contributed by atoms with E-state index in [0.717, 1.165) is 11.1 Å². The highest BCUT2D eigenvalue weighted by Crippen LogP contribution is 2.63. The quantitative estimate of drug-likeness (QED) is 0.0603. The van der Waals surface area contributed by atoms with Crippen molar-refractivity contribution in [2.24, 2.45) is 94.7 Å². The van der Waals surface area contributed by atoms with Crippen LogP contribution in [0.3, 0.4) is 0 Å². The number of carbonyl (C=O) groups is 7. The molecule has 8 bridgehead atoms. The third kappa shape index (κ3) is 13.0. The van der Waals surface area contributed by atoms with Gasteiger partial charge in [-0.25, -0.2) is 9.55 Å². The van der Waals surface area contributed by atoms with E-state index in [0.29, 0.717) is 56.4 Å². The van der Waals surface area contributed by atoms with Gasteiger partial charge >= 0.3 is 7.82 Å². The number of nitrogens with one attached hydrogen (secondary N) is 2. The fourth-order valence-electron chi connectivity index (χ4n) is 15.4. The van der Waals surface area contributed by atoms with E-state index in [1.54, 1.807) is 4.57 Å². The molecule has 0 aliphatic carbocycles. The summed E-state index contributed by atoms with van der Waals surface area (Å²) in [7, 11) is -5.07. The number of allylic oxidation sites excluding steroid dienone is 6. The number of benzene rings is 1. The number of aryl methyl sites for hydroxylation is 2. The molecule has 492 valence electrons. The standard InChI is InChI=1S/C62H90N13O14P/c1-29-20-39-40(21-30(29)2)75(28-70-39)57-52(84)53(41(27-76)87-57)89-90(85,86)88-31(3)26-69-49(83)18-19-59(8)37(22-46(66)80)56-62(11)61(10,25-48(68)82)36(14-17-45(65)79)51(74-62)33(5)55-60(9,24-47(67)81)34(12-15-43(63)77)38(71-55)23-42-58(6,7)35(13-16-44(64)78)50(72-42)32(4)54(59)73-56/h20-21,23,28,31,34-37,41,52-53,56-57,71,76,84H,12-19,22,24-27H2,1-11H3,(H2,63,77)(H2,64,78)(H2,65,79)(H2,66,80)(H2,67,81)(H2,68,82)(H,69,83)(H,85,86)/b38-23?,50-32?,55-33-/t31-,34-,35-,36-,37+,41-,52-,53-,56-,57+,59-,60+,61+,62+/m1/s1. The molecule has 8 rings (SSSR count). The highest BCUT2D eigenvalue weighted by atomic mass is 31.2. The maximum atomic E-state index is 14.4. The van der Waals surface area contributed by atoms with Gasteiger partial charge in [-0.3, -0.25) is 57.6 Å². The highest BCUT2D eigenvalue weighted by molar-refractivity contribution is 7.47. The van der Waals surface area contributed by atoms with Gasteiger partial charge in [0.1, 0.15) is 18.3 Å². The Kier molecular flexibility index (Phi) is 19.6. The van der Waals surface area contributed by atoms with Crippen molar-refractivity contribution >= 4 is 77.3 Å². The number of aromatic nitrogens is 2. The zero-order valence-electron chi connectivity index (χ0n) is 53.3. The minimum atomic E-state index is -5.07. The molecular weight excluding hydrogens is 1180 g/mol. The van der Waals surface area contributed by atoms with Crippen molar-refractivity contribution in [2.75, 3.05) is 13.2 Å². The van der Waals surface area contributed by atoms with Crippen molar-refractivity contribution in [3.63, 3.8) is 0 Å². The summed E-state index contributed by atoms with van der Waals surface area (Å²) >= 11 is 0. The third-order valence-electron chi connectivity index (χ3n) is 20.6. The topological polar surface area (TPSA) is 460 Å². The van der Waals surface area contributed by atoms with Crippen LogP contribution >= 0.6 is 7.82 Å². The van der Waals surface area contributed by atoms with Crippen LogP contribution in [0.25, 0.3) is 11.0 Å². The summed E-state index contributed by atoms with van der Waals surface area (Å²) in [6, 6.07) is 2.70. The molecule has 2 saturated heterocycles. The number of amides is 7. The molecule has 15 atom stereocenters. The number of hydrogen-bond donors (Lipinski definition) is 11. The first-order valence-electron chi connectivity index (χ1n) is 30.6. The Labute approximate surface area is 523 Å². The summed E-state index contributed by atoms with van der Waals surface area (Å²) in [5.74, 6) is -7.18. The molecule has 1 unspecified atom stereocenters. The SMILES string of the molecule is CC1=C2N=C(C=C3N/C(=C(/C)C4=N[C@@](C)([C@@H]5N=C1[C@](C)(CCC(=O)NC[C@@H](C)OP(=O)(O)O[C@H]1[C@@H](O)[C@@H](n6cnc7cc(C)c(C)cc76)O[C@@H]1CO)[C@H]5CC(N)=O)[C@@](C)(CC(N)=O)[C@@H]4CCC(N)=O)[C@@](C)(CC(N)=O)[C@@H]3CCC(N)=O)C(C)(C)[C@@H]2CCC(N)=O. The maximum absolute atomic E-state index is 14.4. The van der Waals surface area contributed by atoms with E-state index in [1.807, 2.05) is 87.4 Å². The fraction of sp³-hybridized carbons (Fsp3) is 0.629. The number of hydrogen-bond acceptors (Lipinski definition) is 18. The molecule has 7 amide bonds. The monoisotopic (exact) mass is 1270 g/mol. The van der Waals surface area contributed by atoms with Crippen molar-refractivity contribution in [1.29, 1.82) is 0 Å². The van der Waals surface area contributed by atoms with Gasteiger partial charge in [0.2, 0.25) is 41.4 Å². The van der Waals surface area contributed by atoms with Gasteiger partial charge in [0.15, 0.2) is 6.23 Å². The average molecular weight is 1270 g/mol. The van der Waals surface area contributed by atoms with E-state index < -0.39 is 143 Å². The first-order valence-corrected chi connectivity index (χ1v) is 32.1. The summed E-state index contributed by atoms with van der Waals surface area (Å²) in [6.45, 7) is 19.3. The van der Waals surface area contributed by atoms with Gasteiger partial charge in [0.05, 0.1) is 41.7 Å². The molecule has 0 spiro atoms. The summed E-state index contributed by atoms with van der Waals surface area (Å²) < 4.78 is 32.3. The van der Waals surface area contributed by atoms with Gasteiger partial charge in [0.25, 0.3) is 0 Å². The Balaban J connectivity index is 1.19. The lowest BCUT2D eigenvalue weighted by atomic mass is 9.55. The normalized spacial score (nSPS) is 32.8. The summed E-state index contributed by atoms with van der Waals surface area (Å²) in [4.78, 5) is 126. The average Bonchev–Trinajstić information content (AvgIpc) is 1.53. The number of phosphoric ester groups is 1. The van der Waals surface area contributed by atoms with E-state index in [9.17, 15) is 53.2 Å². The van der Waals surface area contributed by atoms with Crippen molar-refractivity contribution < 1.29 is 67.0 Å². The second kappa shape index (κ2) is 25.6. The van der Waals surface area contributed by atoms with Crippen LogP contribution in [0.15, 0.2) is 67.8 Å². The number of primary amides is 6. The maximum Gasteiger partial charge on any atom is 0.472 e. The highest BCUT2D eigenvalue weighted by Gasteiger charge is 2.66. The van der Waals surface area contributed by atoms with Crippen LogP contribution in [-0.2, 0) is 51.9 Å². The lowest BCUT2D eigenvalue weighted by Crippen LogP contribution is -2.56. The molecular formula is C62H90N13O14P. The lowest BCUT2D eigenvalue weighted by molar-refractivity contribution is -0.124. The minimum Gasteiger partial charge on any atom is -0.394 e. The van der Waals surface area contributed by atoms with Gasteiger partial charge in [0, 0.05) is 131 Å². The molecule has 90 heavy (non-hydrogen) atoms. The van der Waals surface area contributed by atoms with Crippen molar-refractivity contribution in [3.05, 3.63) is 63.9 Å². The Morgan fingerprint density at radius 1 is 0.800 bits per heavy atom. The number of aliphatic hydroxyl groups is 2. The van der Waals surface area contributed by atoms with E-state index in [-0.39, 0.29) is 77.2 Å². The smallest absolute Gasteiger partial charge is 0.394 e. The molecule has 28 heteroatoms. The summed E-state index contributed by atoms with van der Waals surface area (Å²) in [6.07, 6.45) is -4.26. The van der Waals surface area contributed by atoms with Crippen LogP contribution in [0.5, 0.6) is 0 Å². The first-order chi connectivity index (χ1) is 41.8. The van der Waals surface area contributed by atoms with Gasteiger partial charge in [-0.05, 0) is 108 Å². The molecule has 27 nitrogen and oxygen atoms in total. The Morgan fingerprint density at radius 3 is 1.99 bits per heavy atom. The fourth-order valence-corrected chi connectivity index (χ4v) is 16.6. The second-order valence-corrected chi connectivity index (χ2v) is 28.4. The number of nitrogens with zero attached hydrogens (tertiary/aromatic N) is 5. The molecule has 2 fully saturated rings. The zero-order chi connectivity index (χ0) is 66.7. The molecule has 6 aliphatic heterocycles. The van der Waals surface area contributed by atoms with Crippen molar-refractivity contribution in [2.45, 2.75) is 189 Å². The van der Waals surface area contributed by atoms with Crippen LogP contribution < -0.4 is 45.0 Å². The number of carbonyl (C=O) groups excluding carboxylic acids is 7. The first kappa shape index (κ1) is 68.9. The predicted molar refractivity (Wildman–Crippen MR) is 334 cm³/mol. The second-order valence-electron chi connectivity index (χ2n) is 27.1. The van der Waals surface area contributed by atoms with E-state index in [2.05, 4.69) is 15.6 Å². The van der Waals surface area contributed by atoms with Crippen molar-refractivity contribution in [3.8, 4) is 0 Å². The lowest BCUT2D eigenvalue weighted by Gasteiger charge is -2.48. The Morgan fingerprint density at radius 2 is 1.40 bits per heavy atom. The molecule has 2 aromatic rings. The Bertz CT molecular complexity index is 3540. The molecule has 17 N–H and O–H groups in total. The number of rotatable bonds is 26. The molecule has 1 aromatic carbocycles. The number of nitrogens with two attached hydrogens (primary N) is 6. The molecule has 7 heterocycles. The van der Waals surface area contributed by atoms with Crippen LogP contribution in [0.4, 0.5) is 0 Å². The molecule has 0 saturated carbocycles. The molecule has 1 aromatic heterocycles.